The Bertz CT molecular complexity index is 516. The fraction of sp³-hybridized carbons (Fsp3) is 0.500. The van der Waals surface area contributed by atoms with E-state index >= 15 is 0 Å². The van der Waals surface area contributed by atoms with Crippen molar-refractivity contribution in [1.82, 2.24) is 14.6 Å². The van der Waals surface area contributed by atoms with Crippen molar-refractivity contribution in [2.24, 2.45) is 0 Å². The van der Waals surface area contributed by atoms with Crippen LogP contribution in [0.1, 0.15) is 18.5 Å². The summed E-state index contributed by atoms with van der Waals surface area (Å²) < 4.78 is 7.22. The van der Waals surface area contributed by atoms with Crippen LogP contribution in [0, 0.1) is 6.92 Å². The quantitative estimate of drug-likeness (QED) is 0.855. The molecule has 2 aromatic rings. The van der Waals surface area contributed by atoms with Gasteiger partial charge in [0.25, 0.3) is 0 Å². The molecule has 5 heteroatoms. The second-order valence-corrected chi connectivity index (χ2v) is 4.42. The van der Waals surface area contributed by atoms with Gasteiger partial charge in [-0.3, -0.25) is 0 Å². The standard InChI is InChI=1S/C12H16N4O/c1-9-8-11-12(13-4-5-16(11)15-9)14-10-2-6-17-7-3-10/h4-5,8,10H,2-3,6-7H2,1H3,(H,13,14). The van der Waals surface area contributed by atoms with E-state index in [4.69, 9.17) is 4.74 Å². The summed E-state index contributed by atoms with van der Waals surface area (Å²) in [6.07, 6.45) is 5.73. The smallest absolute Gasteiger partial charge is 0.152 e. The molecule has 2 aromatic heterocycles. The van der Waals surface area contributed by atoms with E-state index in [0.29, 0.717) is 6.04 Å². The van der Waals surface area contributed by atoms with E-state index in [2.05, 4.69) is 21.5 Å². The molecule has 1 aliphatic rings. The lowest BCUT2D eigenvalue weighted by Gasteiger charge is -2.23. The largest absolute Gasteiger partial charge is 0.381 e. The predicted octanol–water partition coefficient (Wildman–Crippen LogP) is 1.63. The van der Waals surface area contributed by atoms with Crippen LogP contribution in [0.2, 0.25) is 0 Å². The molecule has 3 heterocycles. The Morgan fingerprint density at radius 3 is 3.06 bits per heavy atom. The maximum Gasteiger partial charge on any atom is 0.152 e. The molecule has 0 radical (unpaired) electrons. The van der Waals surface area contributed by atoms with Crippen molar-refractivity contribution < 1.29 is 4.74 Å². The molecule has 1 saturated heterocycles. The molecule has 0 aromatic carbocycles. The van der Waals surface area contributed by atoms with E-state index in [1.807, 2.05) is 17.6 Å². The molecule has 0 unspecified atom stereocenters. The van der Waals surface area contributed by atoms with Crippen molar-refractivity contribution in [1.29, 1.82) is 0 Å². The first-order valence-electron chi connectivity index (χ1n) is 5.98. The molecule has 1 N–H and O–H groups in total. The van der Waals surface area contributed by atoms with Gasteiger partial charge in [-0.05, 0) is 25.8 Å². The maximum absolute atomic E-state index is 5.35. The summed E-state index contributed by atoms with van der Waals surface area (Å²) in [5.41, 5.74) is 2.05. The van der Waals surface area contributed by atoms with Gasteiger partial charge in [0.1, 0.15) is 5.52 Å². The molecule has 0 bridgehead atoms. The van der Waals surface area contributed by atoms with E-state index in [-0.39, 0.29) is 0 Å². The van der Waals surface area contributed by atoms with Gasteiger partial charge in [0.05, 0.1) is 5.69 Å². The van der Waals surface area contributed by atoms with Gasteiger partial charge in [0.2, 0.25) is 0 Å². The molecule has 17 heavy (non-hydrogen) atoms. The third-order valence-corrected chi connectivity index (χ3v) is 3.07. The highest BCUT2D eigenvalue weighted by atomic mass is 16.5. The van der Waals surface area contributed by atoms with E-state index in [0.717, 1.165) is 43.1 Å². The Balaban J connectivity index is 1.88. The van der Waals surface area contributed by atoms with Crippen LogP contribution in [-0.4, -0.2) is 33.9 Å². The molecule has 0 spiro atoms. The first-order valence-corrected chi connectivity index (χ1v) is 5.98. The van der Waals surface area contributed by atoms with Crippen LogP contribution in [-0.2, 0) is 4.74 Å². The molecule has 90 valence electrons. The van der Waals surface area contributed by atoms with Crippen LogP contribution >= 0.6 is 0 Å². The van der Waals surface area contributed by atoms with Gasteiger partial charge in [-0.15, -0.1) is 0 Å². The molecule has 1 aliphatic heterocycles. The highest BCUT2D eigenvalue weighted by molar-refractivity contribution is 5.67. The van der Waals surface area contributed by atoms with Crippen molar-refractivity contribution >= 4 is 11.3 Å². The van der Waals surface area contributed by atoms with Crippen LogP contribution in [0.4, 0.5) is 5.82 Å². The normalized spacial score (nSPS) is 17.5. The molecule has 1 fully saturated rings. The summed E-state index contributed by atoms with van der Waals surface area (Å²) in [6, 6.07) is 2.51. The summed E-state index contributed by atoms with van der Waals surface area (Å²) in [7, 11) is 0. The van der Waals surface area contributed by atoms with Crippen LogP contribution in [0.15, 0.2) is 18.5 Å². The van der Waals surface area contributed by atoms with Crippen LogP contribution < -0.4 is 5.32 Å². The van der Waals surface area contributed by atoms with Gasteiger partial charge in [0, 0.05) is 31.6 Å². The molecule has 0 atom stereocenters. The Morgan fingerprint density at radius 2 is 2.24 bits per heavy atom. The topological polar surface area (TPSA) is 51.5 Å². The molecule has 3 rings (SSSR count). The number of nitrogens with one attached hydrogen (secondary N) is 1. The zero-order chi connectivity index (χ0) is 11.7. The van der Waals surface area contributed by atoms with Crippen molar-refractivity contribution in [3.63, 3.8) is 0 Å². The highest BCUT2D eigenvalue weighted by Crippen LogP contribution is 2.18. The number of hydrogen-bond donors (Lipinski definition) is 1. The second kappa shape index (κ2) is 4.33. The van der Waals surface area contributed by atoms with Crippen LogP contribution in [0.5, 0.6) is 0 Å². The predicted molar refractivity (Wildman–Crippen MR) is 65.2 cm³/mol. The molecule has 0 saturated carbocycles. The molecule has 0 amide bonds. The first kappa shape index (κ1) is 10.5. The summed E-state index contributed by atoms with van der Waals surface area (Å²) in [5.74, 6) is 0.917. The minimum atomic E-state index is 0.456. The maximum atomic E-state index is 5.35. The lowest BCUT2D eigenvalue weighted by atomic mass is 10.1. The Morgan fingerprint density at radius 1 is 1.41 bits per heavy atom. The van der Waals surface area contributed by atoms with E-state index in [1.54, 1.807) is 6.20 Å². The van der Waals surface area contributed by atoms with E-state index in [9.17, 15) is 0 Å². The average Bonchev–Trinajstić information content (AvgIpc) is 2.72. The lowest BCUT2D eigenvalue weighted by molar-refractivity contribution is 0.0904. The minimum Gasteiger partial charge on any atom is -0.381 e. The molecular weight excluding hydrogens is 216 g/mol. The number of fused-ring (bicyclic) bond motifs is 1. The lowest BCUT2D eigenvalue weighted by Crippen LogP contribution is -2.28. The summed E-state index contributed by atoms with van der Waals surface area (Å²) in [6.45, 7) is 3.66. The third kappa shape index (κ3) is 2.10. The van der Waals surface area contributed by atoms with Crippen molar-refractivity contribution in [2.45, 2.75) is 25.8 Å². The number of anilines is 1. The van der Waals surface area contributed by atoms with Crippen LogP contribution in [0.25, 0.3) is 5.52 Å². The van der Waals surface area contributed by atoms with Gasteiger partial charge < -0.3 is 10.1 Å². The molecule has 0 aliphatic carbocycles. The fourth-order valence-electron chi connectivity index (χ4n) is 2.19. The van der Waals surface area contributed by atoms with Crippen molar-refractivity contribution in [2.75, 3.05) is 18.5 Å². The number of aromatic nitrogens is 3. The zero-order valence-corrected chi connectivity index (χ0v) is 9.89. The Labute approximate surface area is 99.8 Å². The summed E-state index contributed by atoms with van der Waals surface area (Å²) >= 11 is 0. The number of hydrogen-bond acceptors (Lipinski definition) is 4. The molecule has 5 nitrogen and oxygen atoms in total. The van der Waals surface area contributed by atoms with Gasteiger partial charge in [0.15, 0.2) is 5.82 Å². The Hall–Kier alpha value is -1.62. The zero-order valence-electron chi connectivity index (χ0n) is 9.89. The number of ether oxygens (including phenoxy) is 1. The number of nitrogens with zero attached hydrogens (tertiary/aromatic N) is 3. The first-order chi connectivity index (χ1) is 8.33. The highest BCUT2D eigenvalue weighted by Gasteiger charge is 2.15. The second-order valence-electron chi connectivity index (χ2n) is 4.42. The minimum absolute atomic E-state index is 0.456. The van der Waals surface area contributed by atoms with Crippen molar-refractivity contribution in [3.8, 4) is 0 Å². The SMILES string of the molecule is Cc1cc2c(NC3CCOCC3)nccn2n1. The van der Waals surface area contributed by atoms with Gasteiger partial charge in [-0.2, -0.15) is 5.10 Å². The van der Waals surface area contributed by atoms with Gasteiger partial charge >= 0.3 is 0 Å². The molecular formula is C12H16N4O. The average molecular weight is 232 g/mol. The van der Waals surface area contributed by atoms with Gasteiger partial charge in [-0.25, -0.2) is 9.50 Å². The van der Waals surface area contributed by atoms with E-state index in [1.165, 1.54) is 0 Å². The van der Waals surface area contributed by atoms with Crippen LogP contribution in [0.3, 0.4) is 0 Å². The van der Waals surface area contributed by atoms with E-state index < -0.39 is 0 Å². The van der Waals surface area contributed by atoms with Crippen molar-refractivity contribution in [3.05, 3.63) is 24.2 Å². The number of aryl methyl sites for hydroxylation is 1. The third-order valence-electron chi connectivity index (χ3n) is 3.07. The fourth-order valence-corrected chi connectivity index (χ4v) is 2.19. The monoisotopic (exact) mass is 232 g/mol. The summed E-state index contributed by atoms with van der Waals surface area (Å²) in [5, 5.41) is 7.86. The van der Waals surface area contributed by atoms with Gasteiger partial charge in [-0.1, -0.05) is 0 Å². The summed E-state index contributed by atoms with van der Waals surface area (Å²) in [4.78, 5) is 4.40. The number of rotatable bonds is 2. The Kier molecular flexibility index (Phi) is 2.68.